The van der Waals surface area contributed by atoms with Gasteiger partial charge in [0.15, 0.2) is 5.11 Å². The second-order valence-electron chi connectivity index (χ2n) is 6.17. The first-order valence-electron chi connectivity index (χ1n) is 8.75. The molecule has 1 saturated carbocycles. The molecule has 0 bridgehead atoms. The minimum Gasteiger partial charge on any atom is -0.360 e. The molecule has 0 aromatic heterocycles. The Balaban J connectivity index is 2.14. The molecule has 1 aliphatic carbocycles. The molecule has 2 rings (SSSR count). The SMILES string of the molecule is CCN(CC)S(=O)(=O)c1cc(NC(=S)NC2CCCCC2)ccc1Cl. The lowest BCUT2D eigenvalue weighted by molar-refractivity contribution is 0.415. The molecule has 0 spiro atoms. The fourth-order valence-corrected chi connectivity index (χ4v) is 5.32. The second kappa shape index (κ2) is 9.16. The topological polar surface area (TPSA) is 61.4 Å². The van der Waals surface area contributed by atoms with Gasteiger partial charge in [0.05, 0.1) is 5.02 Å². The van der Waals surface area contributed by atoms with Crippen molar-refractivity contribution in [2.45, 2.75) is 56.9 Å². The Bertz CT molecular complexity index is 700. The number of thiocarbonyl (C=S) groups is 1. The zero-order valence-corrected chi connectivity index (χ0v) is 17.1. The van der Waals surface area contributed by atoms with Crippen LogP contribution in [0.25, 0.3) is 0 Å². The van der Waals surface area contributed by atoms with Crippen molar-refractivity contribution in [2.75, 3.05) is 18.4 Å². The quantitative estimate of drug-likeness (QED) is 0.703. The van der Waals surface area contributed by atoms with Gasteiger partial charge in [0, 0.05) is 24.8 Å². The molecular weight excluding hydrogens is 378 g/mol. The Morgan fingerprint density at radius 2 is 1.88 bits per heavy atom. The third-order valence-corrected chi connectivity index (χ3v) is 7.20. The molecule has 5 nitrogen and oxygen atoms in total. The second-order valence-corrected chi connectivity index (χ2v) is 8.89. The van der Waals surface area contributed by atoms with Crippen LogP contribution in [0.15, 0.2) is 23.1 Å². The maximum atomic E-state index is 12.7. The number of halogens is 1. The van der Waals surface area contributed by atoms with Crippen molar-refractivity contribution in [3.8, 4) is 0 Å². The highest BCUT2D eigenvalue weighted by atomic mass is 35.5. The van der Waals surface area contributed by atoms with Crippen molar-refractivity contribution in [2.24, 2.45) is 0 Å². The number of nitrogens with one attached hydrogen (secondary N) is 2. The van der Waals surface area contributed by atoms with Gasteiger partial charge in [0.2, 0.25) is 10.0 Å². The summed E-state index contributed by atoms with van der Waals surface area (Å²) >= 11 is 11.5. The molecule has 1 aliphatic rings. The van der Waals surface area contributed by atoms with E-state index in [2.05, 4.69) is 10.6 Å². The Kier molecular flexibility index (Phi) is 7.49. The first-order valence-corrected chi connectivity index (χ1v) is 11.0. The van der Waals surface area contributed by atoms with Gasteiger partial charge in [-0.3, -0.25) is 0 Å². The summed E-state index contributed by atoms with van der Waals surface area (Å²) in [5.74, 6) is 0. The molecule has 0 amide bonds. The monoisotopic (exact) mass is 403 g/mol. The summed E-state index contributed by atoms with van der Waals surface area (Å²) in [5, 5.41) is 7.12. The zero-order chi connectivity index (χ0) is 18.4. The predicted octanol–water partition coefficient (Wildman–Crippen LogP) is 3.99. The molecular formula is C17H26ClN3O2S2. The van der Waals surface area contributed by atoms with Gasteiger partial charge in [-0.1, -0.05) is 44.7 Å². The molecule has 0 heterocycles. The van der Waals surface area contributed by atoms with E-state index < -0.39 is 10.0 Å². The van der Waals surface area contributed by atoms with Crippen molar-refractivity contribution < 1.29 is 8.42 Å². The fraction of sp³-hybridized carbons (Fsp3) is 0.588. The van der Waals surface area contributed by atoms with E-state index in [1.165, 1.54) is 23.6 Å². The van der Waals surface area contributed by atoms with Crippen molar-refractivity contribution >= 4 is 44.6 Å². The van der Waals surface area contributed by atoms with Crippen LogP contribution in [0.1, 0.15) is 46.0 Å². The van der Waals surface area contributed by atoms with Gasteiger partial charge in [0.1, 0.15) is 4.90 Å². The molecule has 140 valence electrons. The Hall–Kier alpha value is -0.890. The van der Waals surface area contributed by atoms with Crippen LogP contribution in [0.3, 0.4) is 0 Å². The largest absolute Gasteiger partial charge is 0.360 e. The smallest absolute Gasteiger partial charge is 0.244 e. The van der Waals surface area contributed by atoms with E-state index in [1.807, 2.05) is 0 Å². The number of anilines is 1. The zero-order valence-electron chi connectivity index (χ0n) is 14.7. The first-order chi connectivity index (χ1) is 11.9. The average molecular weight is 404 g/mol. The summed E-state index contributed by atoms with van der Waals surface area (Å²) in [4.78, 5) is 0.100. The highest BCUT2D eigenvalue weighted by Crippen LogP contribution is 2.28. The number of hydrogen-bond acceptors (Lipinski definition) is 3. The maximum Gasteiger partial charge on any atom is 0.244 e. The van der Waals surface area contributed by atoms with E-state index >= 15 is 0 Å². The molecule has 1 aromatic rings. The Morgan fingerprint density at radius 1 is 1.24 bits per heavy atom. The van der Waals surface area contributed by atoms with Crippen molar-refractivity contribution in [1.82, 2.24) is 9.62 Å². The normalized spacial score (nSPS) is 16.0. The van der Waals surface area contributed by atoms with Gasteiger partial charge >= 0.3 is 0 Å². The average Bonchev–Trinajstić information content (AvgIpc) is 2.58. The van der Waals surface area contributed by atoms with Gasteiger partial charge in [-0.15, -0.1) is 0 Å². The van der Waals surface area contributed by atoms with Gasteiger partial charge in [-0.2, -0.15) is 4.31 Å². The summed E-state index contributed by atoms with van der Waals surface area (Å²) in [5.41, 5.74) is 0.614. The summed E-state index contributed by atoms with van der Waals surface area (Å²) < 4.78 is 26.9. The minimum absolute atomic E-state index is 0.100. The van der Waals surface area contributed by atoms with Crippen LogP contribution >= 0.6 is 23.8 Å². The van der Waals surface area contributed by atoms with Crippen LogP contribution in [0, 0.1) is 0 Å². The van der Waals surface area contributed by atoms with E-state index in [9.17, 15) is 8.42 Å². The minimum atomic E-state index is -3.62. The number of hydrogen-bond donors (Lipinski definition) is 2. The van der Waals surface area contributed by atoms with E-state index in [4.69, 9.17) is 23.8 Å². The number of nitrogens with zero attached hydrogens (tertiary/aromatic N) is 1. The molecule has 25 heavy (non-hydrogen) atoms. The number of rotatable bonds is 6. The molecule has 0 saturated heterocycles. The molecule has 1 aromatic carbocycles. The van der Waals surface area contributed by atoms with Crippen LogP contribution < -0.4 is 10.6 Å². The number of sulfonamides is 1. The highest BCUT2D eigenvalue weighted by Gasteiger charge is 2.25. The van der Waals surface area contributed by atoms with Crippen molar-refractivity contribution in [3.63, 3.8) is 0 Å². The van der Waals surface area contributed by atoms with E-state index in [0.717, 1.165) is 12.8 Å². The summed E-state index contributed by atoms with van der Waals surface area (Å²) in [7, 11) is -3.62. The van der Waals surface area contributed by atoms with E-state index in [-0.39, 0.29) is 9.92 Å². The Labute approximate surface area is 161 Å². The molecule has 8 heteroatoms. The van der Waals surface area contributed by atoms with Gasteiger partial charge in [-0.05, 0) is 43.3 Å². The van der Waals surface area contributed by atoms with E-state index in [0.29, 0.717) is 29.9 Å². The molecule has 1 fully saturated rings. The maximum absolute atomic E-state index is 12.7. The molecule has 0 unspecified atom stereocenters. The molecule has 0 radical (unpaired) electrons. The van der Waals surface area contributed by atoms with Crippen LogP contribution in [0.5, 0.6) is 0 Å². The highest BCUT2D eigenvalue weighted by molar-refractivity contribution is 7.89. The van der Waals surface area contributed by atoms with Gasteiger partial charge < -0.3 is 10.6 Å². The predicted molar refractivity (Wildman–Crippen MR) is 108 cm³/mol. The third-order valence-electron chi connectivity index (χ3n) is 4.45. The molecule has 0 atom stereocenters. The van der Waals surface area contributed by atoms with Crippen LogP contribution in [-0.2, 0) is 10.0 Å². The standard InChI is InChI=1S/C17H26ClN3O2S2/c1-3-21(4-2)25(22,23)16-12-14(10-11-15(16)18)20-17(24)19-13-8-6-5-7-9-13/h10-13H,3-9H2,1-2H3,(H2,19,20,24). The van der Waals surface area contributed by atoms with Crippen LogP contribution in [0.4, 0.5) is 5.69 Å². The van der Waals surface area contributed by atoms with Gasteiger partial charge in [-0.25, -0.2) is 8.42 Å². The third kappa shape index (κ3) is 5.29. The summed E-state index contributed by atoms with van der Waals surface area (Å²) in [6.07, 6.45) is 5.94. The van der Waals surface area contributed by atoms with Crippen molar-refractivity contribution in [1.29, 1.82) is 0 Å². The van der Waals surface area contributed by atoms with Crippen LogP contribution in [0.2, 0.25) is 5.02 Å². The van der Waals surface area contributed by atoms with Gasteiger partial charge in [0.25, 0.3) is 0 Å². The van der Waals surface area contributed by atoms with Crippen LogP contribution in [-0.4, -0.2) is 37.0 Å². The van der Waals surface area contributed by atoms with Crippen molar-refractivity contribution in [3.05, 3.63) is 23.2 Å². The fourth-order valence-electron chi connectivity index (χ4n) is 3.08. The lowest BCUT2D eigenvalue weighted by Crippen LogP contribution is -2.38. The first kappa shape index (κ1) is 20.4. The molecule has 2 N–H and O–H groups in total. The Morgan fingerprint density at radius 3 is 2.48 bits per heavy atom. The lowest BCUT2D eigenvalue weighted by atomic mass is 9.96. The number of benzene rings is 1. The lowest BCUT2D eigenvalue weighted by Gasteiger charge is -2.24. The molecule has 0 aliphatic heterocycles. The summed E-state index contributed by atoms with van der Waals surface area (Å²) in [6.45, 7) is 4.41. The summed E-state index contributed by atoms with van der Waals surface area (Å²) in [6, 6.07) is 5.26. The van der Waals surface area contributed by atoms with E-state index in [1.54, 1.807) is 32.0 Å².